The van der Waals surface area contributed by atoms with E-state index in [-0.39, 0.29) is 23.0 Å². The van der Waals surface area contributed by atoms with Crippen LogP contribution in [0.4, 0.5) is 5.69 Å². The molecule has 1 aliphatic heterocycles. The number of aromatic nitrogens is 1. The molecule has 1 unspecified atom stereocenters. The highest BCUT2D eigenvalue weighted by Crippen LogP contribution is 2.28. The van der Waals surface area contributed by atoms with Crippen molar-refractivity contribution >= 4 is 27.6 Å². The number of benzene rings is 1. The van der Waals surface area contributed by atoms with E-state index in [1.807, 2.05) is 26.0 Å². The highest BCUT2D eigenvalue weighted by molar-refractivity contribution is 7.89. The summed E-state index contributed by atoms with van der Waals surface area (Å²) in [7, 11) is -1.14. The van der Waals surface area contributed by atoms with Crippen molar-refractivity contribution < 1.29 is 22.7 Å². The number of esters is 1. The Bertz CT molecular complexity index is 1060. The summed E-state index contributed by atoms with van der Waals surface area (Å²) in [4.78, 5) is 24.6. The second kappa shape index (κ2) is 8.00. The summed E-state index contributed by atoms with van der Waals surface area (Å²) in [6.45, 7) is 4.18. The second-order valence-electron chi connectivity index (χ2n) is 7.23. The van der Waals surface area contributed by atoms with E-state index in [9.17, 15) is 18.0 Å². The van der Waals surface area contributed by atoms with Crippen molar-refractivity contribution in [3.8, 4) is 0 Å². The normalized spacial score (nSPS) is 17.3. The molecular weight excluding hydrogens is 394 g/mol. The predicted octanol–water partition coefficient (Wildman–Crippen LogP) is 2.22. The van der Waals surface area contributed by atoms with Crippen molar-refractivity contribution in [2.75, 3.05) is 19.0 Å². The molecule has 1 atom stereocenters. The van der Waals surface area contributed by atoms with Gasteiger partial charge in [0.15, 0.2) is 0 Å². The SMILES string of the molecule is COC(=O)c1cc(S(=O)(=O)N2CCCC2C(=O)Nc2ccc(C)c(C)c2)cn1C. The first kappa shape index (κ1) is 21.1. The maximum absolute atomic E-state index is 13.2. The highest BCUT2D eigenvalue weighted by Gasteiger charge is 2.40. The molecule has 0 saturated carbocycles. The minimum atomic E-state index is -3.94. The average molecular weight is 420 g/mol. The van der Waals surface area contributed by atoms with E-state index in [4.69, 9.17) is 0 Å². The molecule has 0 bridgehead atoms. The van der Waals surface area contributed by atoms with Crippen LogP contribution in [0.1, 0.15) is 34.5 Å². The van der Waals surface area contributed by atoms with Crippen LogP contribution in [-0.2, 0) is 26.6 Å². The molecule has 29 heavy (non-hydrogen) atoms. The number of nitrogens with zero attached hydrogens (tertiary/aromatic N) is 2. The molecule has 3 rings (SSSR count). The predicted molar refractivity (Wildman–Crippen MR) is 108 cm³/mol. The van der Waals surface area contributed by atoms with Crippen LogP contribution in [0, 0.1) is 13.8 Å². The van der Waals surface area contributed by atoms with Gasteiger partial charge in [-0.1, -0.05) is 6.07 Å². The Balaban J connectivity index is 1.84. The molecule has 0 aliphatic carbocycles. The molecule has 9 heteroatoms. The van der Waals surface area contributed by atoms with Crippen molar-refractivity contribution in [1.29, 1.82) is 0 Å². The van der Waals surface area contributed by atoms with Crippen LogP contribution in [-0.4, -0.2) is 48.9 Å². The lowest BCUT2D eigenvalue weighted by atomic mass is 10.1. The molecule has 2 aromatic rings. The Morgan fingerprint density at radius 2 is 1.90 bits per heavy atom. The lowest BCUT2D eigenvalue weighted by Gasteiger charge is -2.23. The Hall–Kier alpha value is -2.65. The lowest BCUT2D eigenvalue weighted by Crippen LogP contribution is -2.43. The molecule has 0 spiro atoms. The Kier molecular flexibility index (Phi) is 5.81. The van der Waals surface area contributed by atoms with Crippen LogP contribution < -0.4 is 5.32 Å². The molecule has 1 aliphatic rings. The number of ether oxygens (including phenoxy) is 1. The van der Waals surface area contributed by atoms with E-state index >= 15 is 0 Å². The van der Waals surface area contributed by atoms with Gasteiger partial charge in [0.1, 0.15) is 16.6 Å². The van der Waals surface area contributed by atoms with Crippen LogP contribution in [0.25, 0.3) is 0 Å². The van der Waals surface area contributed by atoms with Gasteiger partial charge in [0, 0.05) is 25.5 Å². The molecule has 2 heterocycles. The standard InChI is InChI=1S/C20H25N3O5S/c1-13-7-8-15(10-14(13)2)21-19(24)17-6-5-9-23(17)29(26,27)16-11-18(20(25)28-4)22(3)12-16/h7-8,10-12,17H,5-6,9H2,1-4H3,(H,21,24). The third-order valence-corrected chi connectivity index (χ3v) is 7.14. The third kappa shape index (κ3) is 4.06. The van der Waals surface area contributed by atoms with Crippen LogP contribution in [0.15, 0.2) is 35.4 Å². The third-order valence-electron chi connectivity index (χ3n) is 5.26. The Morgan fingerprint density at radius 1 is 1.17 bits per heavy atom. The molecule has 1 amide bonds. The molecule has 156 valence electrons. The quantitative estimate of drug-likeness (QED) is 0.750. The van der Waals surface area contributed by atoms with Gasteiger partial charge in [-0.25, -0.2) is 13.2 Å². The molecule has 8 nitrogen and oxygen atoms in total. The summed E-state index contributed by atoms with van der Waals surface area (Å²) < 4.78 is 33.6. The first-order valence-electron chi connectivity index (χ1n) is 9.30. The summed E-state index contributed by atoms with van der Waals surface area (Å²) in [5, 5.41) is 2.83. The molecule has 1 N–H and O–H groups in total. The van der Waals surface area contributed by atoms with Gasteiger partial charge in [-0.05, 0) is 56.0 Å². The van der Waals surface area contributed by atoms with E-state index in [2.05, 4.69) is 10.1 Å². The number of carbonyl (C=O) groups is 2. The zero-order valence-electron chi connectivity index (χ0n) is 16.9. The zero-order valence-corrected chi connectivity index (χ0v) is 17.7. The van der Waals surface area contributed by atoms with E-state index in [0.717, 1.165) is 11.1 Å². The zero-order chi connectivity index (χ0) is 21.3. The fraction of sp³-hybridized carbons (Fsp3) is 0.400. The van der Waals surface area contributed by atoms with Crippen molar-refractivity contribution in [2.45, 2.75) is 37.6 Å². The van der Waals surface area contributed by atoms with E-state index < -0.39 is 22.0 Å². The molecule has 1 fully saturated rings. The summed E-state index contributed by atoms with van der Waals surface area (Å²) in [6, 6.07) is 6.04. The van der Waals surface area contributed by atoms with E-state index in [0.29, 0.717) is 18.5 Å². The minimum absolute atomic E-state index is 0.0359. The molecule has 1 aromatic carbocycles. The van der Waals surface area contributed by atoms with Crippen LogP contribution in [0.2, 0.25) is 0 Å². The number of methoxy groups -OCH3 is 1. The number of nitrogens with one attached hydrogen (secondary N) is 1. The Labute approximate surface area is 170 Å². The van der Waals surface area contributed by atoms with Gasteiger partial charge < -0.3 is 14.6 Å². The van der Waals surface area contributed by atoms with Gasteiger partial charge in [0.2, 0.25) is 15.9 Å². The maximum Gasteiger partial charge on any atom is 0.354 e. The molecule has 1 aromatic heterocycles. The highest BCUT2D eigenvalue weighted by atomic mass is 32.2. The first-order valence-corrected chi connectivity index (χ1v) is 10.7. The van der Waals surface area contributed by atoms with Crippen LogP contribution in [0.5, 0.6) is 0 Å². The topological polar surface area (TPSA) is 97.7 Å². The fourth-order valence-electron chi connectivity index (χ4n) is 3.45. The average Bonchev–Trinajstić information content (AvgIpc) is 3.32. The number of aryl methyl sites for hydroxylation is 3. The molecular formula is C20H25N3O5S. The summed E-state index contributed by atoms with van der Waals surface area (Å²) in [5.41, 5.74) is 2.91. The number of sulfonamides is 1. The smallest absolute Gasteiger partial charge is 0.354 e. The van der Waals surface area contributed by atoms with Gasteiger partial charge in [0.05, 0.1) is 7.11 Å². The number of anilines is 1. The van der Waals surface area contributed by atoms with Gasteiger partial charge in [-0.3, -0.25) is 4.79 Å². The van der Waals surface area contributed by atoms with Crippen molar-refractivity contribution in [3.05, 3.63) is 47.3 Å². The number of rotatable bonds is 5. The largest absolute Gasteiger partial charge is 0.464 e. The summed E-state index contributed by atoms with van der Waals surface area (Å²) >= 11 is 0. The monoisotopic (exact) mass is 419 g/mol. The summed E-state index contributed by atoms with van der Waals surface area (Å²) in [5.74, 6) is -0.988. The van der Waals surface area contributed by atoms with Gasteiger partial charge in [-0.15, -0.1) is 0 Å². The minimum Gasteiger partial charge on any atom is -0.464 e. The Morgan fingerprint density at radius 3 is 2.55 bits per heavy atom. The molecule has 0 radical (unpaired) electrons. The maximum atomic E-state index is 13.2. The van der Waals surface area contributed by atoms with Gasteiger partial charge >= 0.3 is 5.97 Å². The van der Waals surface area contributed by atoms with Crippen LogP contribution in [0.3, 0.4) is 0 Å². The first-order chi connectivity index (χ1) is 13.6. The van der Waals surface area contributed by atoms with E-state index in [1.165, 1.54) is 28.2 Å². The number of carbonyl (C=O) groups excluding carboxylic acids is 2. The van der Waals surface area contributed by atoms with Crippen molar-refractivity contribution in [1.82, 2.24) is 8.87 Å². The van der Waals surface area contributed by atoms with Gasteiger partial charge in [-0.2, -0.15) is 4.31 Å². The number of hydrogen-bond acceptors (Lipinski definition) is 5. The summed E-state index contributed by atoms with van der Waals surface area (Å²) in [6.07, 6.45) is 2.38. The number of amides is 1. The van der Waals surface area contributed by atoms with Crippen LogP contribution >= 0.6 is 0 Å². The van der Waals surface area contributed by atoms with Crippen molar-refractivity contribution in [3.63, 3.8) is 0 Å². The number of hydrogen-bond donors (Lipinski definition) is 1. The lowest BCUT2D eigenvalue weighted by molar-refractivity contribution is -0.119. The van der Waals surface area contributed by atoms with Crippen molar-refractivity contribution in [2.24, 2.45) is 7.05 Å². The molecule has 1 saturated heterocycles. The van der Waals surface area contributed by atoms with E-state index in [1.54, 1.807) is 13.1 Å². The fourth-order valence-corrected chi connectivity index (χ4v) is 5.18. The second-order valence-corrected chi connectivity index (χ2v) is 9.12. The van der Waals surface area contributed by atoms with Gasteiger partial charge in [0.25, 0.3) is 0 Å².